The number of hydrogen-bond acceptors (Lipinski definition) is 4. The Hall–Kier alpha value is -1.18. The number of rotatable bonds is 6. The zero-order valence-electron chi connectivity index (χ0n) is 11.0. The average molecular weight is 366 g/mol. The molecule has 1 atom stereocenters. The van der Waals surface area contributed by atoms with E-state index in [0.29, 0.717) is 11.1 Å². The molecule has 1 amide bonds. The molecule has 0 aliphatic carbocycles. The van der Waals surface area contributed by atoms with E-state index in [4.69, 9.17) is 16.3 Å². The highest BCUT2D eigenvalue weighted by Crippen LogP contribution is 2.22. The molecule has 0 saturated heterocycles. The lowest BCUT2D eigenvalue weighted by Gasteiger charge is -2.20. The summed E-state index contributed by atoms with van der Waals surface area (Å²) in [5.41, 5.74) is 0.0882. The highest BCUT2D eigenvalue weighted by atomic mass is 79.9. The van der Waals surface area contributed by atoms with Gasteiger partial charge in [-0.15, -0.1) is 11.6 Å². The van der Waals surface area contributed by atoms with Crippen molar-refractivity contribution in [2.75, 3.05) is 27.3 Å². The summed E-state index contributed by atoms with van der Waals surface area (Å²) in [6, 6.07) is 4.11. The van der Waals surface area contributed by atoms with Gasteiger partial charge < -0.3 is 9.64 Å². The maximum atomic E-state index is 12.2. The summed E-state index contributed by atoms with van der Waals surface area (Å²) in [5.74, 6) is -0.337. The van der Waals surface area contributed by atoms with E-state index in [9.17, 15) is 14.9 Å². The van der Waals surface area contributed by atoms with Crippen LogP contribution < -0.4 is 0 Å². The van der Waals surface area contributed by atoms with Crippen molar-refractivity contribution in [2.45, 2.75) is 5.38 Å². The molecule has 0 aromatic heterocycles. The van der Waals surface area contributed by atoms with Crippen molar-refractivity contribution in [3.8, 4) is 0 Å². The Kier molecular flexibility index (Phi) is 6.38. The summed E-state index contributed by atoms with van der Waals surface area (Å²) < 4.78 is 5.37. The lowest BCUT2D eigenvalue weighted by molar-refractivity contribution is -0.385. The van der Waals surface area contributed by atoms with Gasteiger partial charge in [0, 0.05) is 42.9 Å². The number of nitrogens with zero attached hydrogens (tertiary/aromatic N) is 2. The minimum absolute atomic E-state index is 0.143. The minimum atomic E-state index is -0.545. The number of carbonyl (C=O) groups excluding carboxylic acids is 1. The molecule has 0 bridgehead atoms. The lowest BCUT2D eigenvalue weighted by atomic mass is 10.2. The van der Waals surface area contributed by atoms with Gasteiger partial charge >= 0.3 is 0 Å². The number of methoxy groups -OCH3 is 1. The Labute approximate surface area is 129 Å². The maximum Gasteiger partial charge on any atom is 0.271 e. The molecular formula is C12H14BrClN2O4. The smallest absolute Gasteiger partial charge is 0.271 e. The van der Waals surface area contributed by atoms with E-state index >= 15 is 0 Å². The molecule has 8 heteroatoms. The third-order valence-electron chi connectivity index (χ3n) is 2.51. The van der Waals surface area contributed by atoms with Gasteiger partial charge in [-0.3, -0.25) is 14.9 Å². The second kappa shape index (κ2) is 7.56. The minimum Gasteiger partial charge on any atom is -0.383 e. The maximum absolute atomic E-state index is 12.2. The topological polar surface area (TPSA) is 72.7 Å². The molecule has 1 unspecified atom stereocenters. The predicted octanol–water partition coefficient (Wildman–Crippen LogP) is 2.68. The van der Waals surface area contributed by atoms with Crippen molar-refractivity contribution >= 4 is 39.1 Å². The van der Waals surface area contributed by atoms with Gasteiger partial charge in [-0.2, -0.15) is 0 Å². The number of nitro benzene ring substituents is 1. The Morgan fingerprint density at radius 1 is 1.55 bits per heavy atom. The number of ether oxygens (including phenoxy) is 1. The van der Waals surface area contributed by atoms with Gasteiger partial charge in [0.1, 0.15) is 0 Å². The molecule has 0 N–H and O–H groups in total. The van der Waals surface area contributed by atoms with Gasteiger partial charge in [0.05, 0.1) is 16.9 Å². The normalized spacial score (nSPS) is 12.0. The highest BCUT2D eigenvalue weighted by Gasteiger charge is 2.19. The molecule has 0 fully saturated rings. The largest absolute Gasteiger partial charge is 0.383 e. The monoisotopic (exact) mass is 364 g/mol. The van der Waals surface area contributed by atoms with Crippen molar-refractivity contribution in [3.05, 3.63) is 38.3 Å². The molecule has 1 aromatic carbocycles. The van der Waals surface area contributed by atoms with E-state index in [1.165, 1.54) is 30.2 Å². The Morgan fingerprint density at radius 3 is 2.75 bits per heavy atom. The number of carbonyl (C=O) groups is 1. The Balaban J connectivity index is 2.88. The number of non-ortho nitro benzene ring substituents is 1. The van der Waals surface area contributed by atoms with Gasteiger partial charge in [-0.25, -0.2) is 0 Å². The summed E-state index contributed by atoms with van der Waals surface area (Å²) in [4.78, 5) is 23.8. The second-order valence-corrected chi connectivity index (χ2v) is 5.73. The van der Waals surface area contributed by atoms with E-state index < -0.39 is 4.92 Å². The third-order valence-corrected chi connectivity index (χ3v) is 3.23. The van der Waals surface area contributed by atoms with Crippen molar-refractivity contribution < 1.29 is 14.5 Å². The van der Waals surface area contributed by atoms with Crippen LogP contribution in [0.4, 0.5) is 5.69 Å². The zero-order valence-corrected chi connectivity index (χ0v) is 13.3. The number of hydrogen-bond donors (Lipinski definition) is 0. The first kappa shape index (κ1) is 16.9. The van der Waals surface area contributed by atoms with E-state index in [1.807, 2.05) is 0 Å². The molecule has 1 aromatic rings. The Morgan fingerprint density at radius 2 is 2.20 bits per heavy atom. The molecule has 1 rings (SSSR count). The summed E-state index contributed by atoms with van der Waals surface area (Å²) in [7, 11) is 3.11. The molecule has 0 aliphatic heterocycles. The van der Waals surface area contributed by atoms with Crippen molar-refractivity contribution in [3.63, 3.8) is 0 Å². The summed E-state index contributed by atoms with van der Waals surface area (Å²) in [6.45, 7) is 0.604. The highest BCUT2D eigenvalue weighted by molar-refractivity contribution is 9.10. The van der Waals surface area contributed by atoms with Gasteiger partial charge in [-0.05, 0) is 6.07 Å². The molecule has 6 nitrogen and oxygen atoms in total. The Bertz CT molecular complexity index is 512. The first-order chi connectivity index (χ1) is 9.35. The van der Waals surface area contributed by atoms with E-state index in [-0.39, 0.29) is 29.1 Å². The van der Waals surface area contributed by atoms with Crippen LogP contribution in [0.5, 0.6) is 0 Å². The van der Waals surface area contributed by atoms with Crippen LogP contribution in [0.3, 0.4) is 0 Å². The van der Waals surface area contributed by atoms with E-state index in [2.05, 4.69) is 15.9 Å². The molecule has 0 heterocycles. The summed E-state index contributed by atoms with van der Waals surface area (Å²) in [6.07, 6.45) is 0. The van der Waals surface area contributed by atoms with Crippen molar-refractivity contribution in [1.29, 1.82) is 0 Å². The van der Waals surface area contributed by atoms with Crippen LogP contribution in [0.25, 0.3) is 0 Å². The SMILES string of the molecule is COCC(Cl)CN(C)C(=O)c1cc(Br)cc([N+](=O)[O-])c1. The molecule has 110 valence electrons. The number of alkyl halides is 1. The van der Waals surface area contributed by atoms with Gasteiger partial charge in [0.2, 0.25) is 0 Å². The first-order valence-corrected chi connectivity index (χ1v) is 6.91. The molecular weight excluding hydrogens is 351 g/mol. The van der Waals surface area contributed by atoms with Crippen LogP contribution in [0.2, 0.25) is 0 Å². The summed E-state index contributed by atoms with van der Waals surface area (Å²) in [5, 5.41) is 10.4. The predicted molar refractivity (Wildman–Crippen MR) is 79.3 cm³/mol. The van der Waals surface area contributed by atoms with Crippen LogP contribution in [-0.4, -0.2) is 48.4 Å². The van der Waals surface area contributed by atoms with Gasteiger partial charge in [0.15, 0.2) is 0 Å². The van der Waals surface area contributed by atoms with Crippen molar-refractivity contribution in [1.82, 2.24) is 4.90 Å². The fourth-order valence-corrected chi connectivity index (χ4v) is 2.45. The number of amides is 1. The second-order valence-electron chi connectivity index (χ2n) is 4.19. The fraction of sp³-hybridized carbons (Fsp3) is 0.417. The standard InChI is InChI=1S/C12H14BrClN2O4/c1-15(6-10(14)7-20-2)12(17)8-3-9(13)5-11(4-8)16(18)19/h3-5,10H,6-7H2,1-2H3. The zero-order chi connectivity index (χ0) is 15.3. The number of halogens is 2. The van der Waals surface area contributed by atoms with Gasteiger partial charge in [0.25, 0.3) is 11.6 Å². The lowest BCUT2D eigenvalue weighted by Crippen LogP contribution is -2.34. The van der Waals surface area contributed by atoms with Crippen LogP contribution in [-0.2, 0) is 4.74 Å². The molecule has 20 heavy (non-hydrogen) atoms. The average Bonchev–Trinajstić information content (AvgIpc) is 2.37. The fourth-order valence-electron chi connectivity index (χ4n) is 1.64. The van der Waals surface area contributed by atoms with Gasteiger partial charge in [-0.1, -0.05) is 15.9 Å². The van der Waals surface area contributed by atoms with Crippen LogP contribution >= 0.6 is 27.5 Å². The molecule has 0 radical (unpaired) electrons. The number of benzene rings is 1. The third kappa shape index (κ3) is 4.73. The van der Waals surface area contributed by atoms with Crippen LogP contribution in [0.1, 0.15) is 10.4 Å². The van der Waals surface area contributed by atoms with Crippen molar-refractivity contribution in [2.24, 2.45) is 0 Å². The van der Waals surface area contributed by atoms with Crippen LogP contribution in [0.15, 0.2) is 22.7 Å². The van der Waals surface area contributed by atoms with E-state index in [1.54, 1.807) is 7.05 Å². The molecule has 0 spiro atoms. The molecule has 0 saturated carbocycles. The quantitative estimate of drug-likeness (QED) is 0.441. The van der Waals surface area contributed by atoms with E-state index in [0.717, 1.165) is 0 Å². The first-order valence-electron chi connectivity index (χ1n) is 5.68. The number of nitro groups is 1. The van der Waals surface area contributed by atoms with Crippen LogP contribution in [0, 0.1) is 10.1 Å². The molecule has 0 aliphatic rings. The summed E-state index contributed by atoms with van der Waals surface area (Å²) >= 11 is 9.14.